The van der Waals surface area contributed by atoms with Gasteiger partial charge in [0.15, 0.2) is 0 Å². The Labute approximate surface area is 85.0 Å². The second-order valence-corrected chi connectivity index (χ2v) is 5.11. The quantitative estimate of drug-likeness (QED) is 0.549. The first kappa shape index (κ1) is 9.36. The minimum atomic E-state index is -3.84. The van der Waals surface area contributed by atoms with Crippen molar-refractivity contribution in [2.45, 2.75) is 5.16 Å². The third-order valence-electron chi connectivity index (χ3n) is 1.69. The molecule has 0 N–H and O–H groups in total. The monoisotopic (exact) mass is 228 g/mol. The minimum absolute atomic E-state index is 0.363. The molecule has 0 saturated carbocycles. The molecule has 0 saturated heterocycles. The summed E-state index contributed by atoms with van der Waals surface area (Å²) in [5, 5.41) is 0.412. The molecule has 4 nitrogen and oxygen atoms in total. The molecule has 0 unspecified atom stereocenters. The number of para-hydroxylation sites is 1. The lowest BCUT2D eigenvalue weighted by Gasteiger charge is -1.97. The van der Waals surface area contributed by atoms with Crippen LogP contribution < -0.4 is 0 Å². The molecule has 14 heavy (non-hydrogen) atoms. The van der Waals surface area contributed by atoms with Gasteiger partial charge in [0, 0.05) is 22.3 Å². The van der Waals surface area contributed by atoms with Gasteiger partial charge in [0.2, 0.25) is 0 Å². The molecule has 2 rings (SSSR count). The fourth-order valence-corrected chi connectivity index (χ4v) is 1.68. The lowest BCUT2D eigenvalue weighted by molar-refractivity contribution is 0.602. The van der Waals surface area contributed by atoms with Crippen molar-refractivity contribution >= 4 is 30.6 Å². The number of fused-ring (bicyclic) bond motifs is 1. The van der Waals surface area contributed by atoms with Gasteiger partial charge in [-0.2, -0.15) is 0 Å². The van der Waals surface area contributed by atoms with E-state index < -0.39 is 9.05 Å². The predicted molar refractivity (Wildman–Crippen MR) is 52.6 cm³/mol. The predicted octanol–water partition coefficient (Wildman–Crippen LogP) is 1.56. The molecule has 0 aliphatic heterocycles. The fraction of sp³-hybridized carbons (Fsp3) is 0. The first-order valence-corrected chi connectivity index (χ1v) is 6.05. The van der Waals surface area contributed by atoms with Crippen LogP contribution in [0.4, 0.5) is 0 Å². The molecule has 1 aromatic heterocycles. The van der Waals surface area contributed by atoms with E-state index in [2.05, 4.69) is 9.97 Å². The Bertz CT molecular complexity index is 583. The van der Waals surface area contributed by atoms with Gasteiger partial charge in [0.25, 0.3) is 14.2 Å². The highest BCUT2D eigenvalue weighted by atomic mass is 35.7. The molecule has 0 atom stereocenters. The largest absolute Gasteiger partial charge is 0.296 e. The SMILES string of the molecule is O=S(=O)(Cl)c1ncc2ccccc2n1. The van der Waals surface area contributed by atoms with E-state index in [0.29, 0.717) is 5.52 Å². The molecule has 6 heteroatoms. The summed E-state index contributed by atoms with van der Waals surface area (Å²) in [6, 6.07) is 7.07. The van der Waals surface area contributed by atoms with Crippen LogP contribution in [0.15, 0.2) is 35.6 Å². The number of aromatic nitrogens is 2. The summed E-state index contributed by atoms with van der Waals surface area (Å²) in [5.74, 6) is 0. The van der Waals surface area contributed by atoms with Gasteiger partial charge >= 0.3 is 0 Å². The first-order valence-electron chi connectivity index (χ1n) is 3.74. The smallest absolute Gasteiger partial charge is 0.225 e. The fourth-order valence-electron chi connectivity index (χ4n) is 1.07. The maximum atomic E-state index is 10.9. The number of hydrogen-bond acceptors (Lipinski definition) is 4. The van der Waals surface area contributed by atoms with Crippen molar-refractivity contribution in [3.05, 3.63) is 30.5 Å². The van der Waals surface area contributed by atoms with Crippen LogP contribution in [0.3, 0.4) is 0 Å². The highest BCUT2D eigenvalue weighted by molar-refractivity contribution is 8.13. The van der Waals surface area contributed by atoms with Crippen LogP contribution in [0.25, 0.3) is 10.9 Å². The molecule has 0 aliphatic carbocycles. The topological polar surface area (TPSA) is 59.9 Å². The van der Waals surface area contributed by atoms with Crippen LogP contribution >= 0.6 is 10.7 Å². The molecule has 1 aromatic carbocycles. The molecule has 0 fully saturated rings. The van der Waals surface area contributed by atoms with Crippen molar-refractivity contribution < 1.29 is 8.42 Å². The van der Waals surface area contributed by atoms with Crippen LogP contribution in [0.5, 0.6) is 0 Å². The van der Waals surface area contributed by atoms with Gasteiger partial charge in [-0.1, -0.05) is 18.2 Å². The molecule has 1 heterocycles. The van der Waals surface area contributed by atoms with E-state index in [9.17, 15) is 8.42 Å². The number of nitrogens with zero attached hydrogens (tertiary/aromatic N) is 2. The molecule has 0 spiro atoms. The molecule has 0 amide bonds. The van der Waals surface area contributed by atoms with E-state index in [-0.39, 0.29) is 5.16 Å². The zero-order valence-corrected chi connectivity index (χ0v) is 8.46. The van der Waals surface area contributed by atoms with Gasteiger partial charge in [0.05, 0.1) is 5.52 Å². The Balaban J connectivity index is 2.75. The van der Waals surface area contributed by atoms with Crippen LogP contribution in [0, 0.1) is 0 Å². The van der Waals surface area contributed by atoms with Gasteiger partial charge < -0.3 is 0 Å². The molecular weight excluding hydrogens is 224 g/mol. The zero-order valence-electron chi connectivity index (χ0n) is 6.88. The Kier molecular flexibility index (Phi) is 2.13. The van der Waals surface area contributed by atoms with Crippen LogP contribution in [-0.2, 0) is 9.05 Å². The van der Waals surface area contributed by atoms with E-state index in [4.69, 9.17) is 10.7 Å². The van der Waals surface area contributed by atoms with Crippen LogP contribution in [0.2, 0.25) is 0 Å². The van der Waals surface area contributed by atoms with Crippen molar-refractivity contribution in [2.75, 3.05) is 0 Å². The van der Waals surface area contributed by atoms with Gasteiger partial charge in [-0.25, -0.2) is 18.4 Å². The average molecular weight is 229 g/mol. The van der Waals surface area contributed by atoms with Crippen molar-refractivity contribution in [1.82, 2.24) is 9.97 Å². The summed E-state index contributed by atoms with van der Waals surface area (Å²) in [6.45, 7) is 0. The summed E-state index contributed by atoms with van der Waals surface area (Å²) in [7, 11) is 1.26. The van der Waals surface area contributed by atoms with Gasteiger partial charge in [-0.05, 0) is 6.07 Å². The van der Waals surface area contributed by atoms with Crippen molar-refractivity contribution in [2.24, 2.45) is 0 Å². The lowest BCUT2D eigenvalue weighted by atomic mass is 10.2. The van der Waals surface area contributed by atoms with E-state index in [0.717, 1.165) is 5.39 Å². The Morgan fingerprint density at radius 1 is 1.21 bits per heavy atom. The summed E-state index contributed by atoms with van der Waals surface area (Å²) < 4.78 is 21.8. The second-order valence-electron chi connectivity index (χ2n) is 2.65. The molecule has 0 radical (unpaired) electrons. The standard InChI is InChI=1S/C8H5ClN2O2S/c9-14(12,13)8-10-5-6-3-1-2-4-7(6)11-8/h1-5H. The molecule has 72 valence electrons. The van der Waals surface area contributed by atoms with E-state index in [1.54, 1.807) is 18.2 Å². The van der Waals surface area contributed by atoms with Gasteiger partial charge in [0.1, 0.15) is 0 Å². The Morgan fingerprint density at radius 3 is 2.64 bits per heavy atom. The highest BCUT2D eigenvalue weighted by Gasteiger charge is 2.13. The Hall–Kier alpha value is -1.20. The summed E-state index contributed by atoms with van der Waals surface area (Å²) in [6.07, 6.45) is 1.43. The highest BCUT2D eigenvalue weighted by Crippen LogP contribution is 2.14. The van der Waals surface area contributed by atoms with Crippen molar-refractivity contribution in [1.29, 1.82) is 0 Å². The lowest BCUT2D eigenvalue weighted by Crippen LogP contribution is -1.98. The zero-order chi connectivity index (χ0) is 10.2. The van der Waals surface area contributed by atoms with Crippen molar-refractivity contribution in [3.8, 4) is 0 Å². The third kappa shape index (κ3) is 1.69. The van der Waals surface area contributed by atoms with Crippen LogP contribution in [-0.4, -0.2) is 18.4 Å². The van der Waals surface area contributed by atoms with Gasteiger partial charge in [-0.15, -0.1) is 0 Å². The molecule has 2 aromatic rings. The molecule has 0 bridgehead atoms. The van der Waals surface area contributed by atoms with E-state index in [1.165, 1.54) is 6.20 Å². The number of hydrogen-bond donors (Lipinski definition) is 0. The first-order chi connectivity index (χ1) is 6.57. The summed E-state index contributed by atoms with van der Waals surface area (Å²) in [5.41, 5.74) is 0.557. The maximum Gasteiger partial charge on any atom is 0.296 e. The number of halogens is 1. The summed E-state index contributed by atoms with van der Waals surface area (Å²) >= 11 is 0. The maximum absolute atomic E-state index is 10.9. The average Bonchev–Trinajstić information content (AvgIpc) is 2.16. The molecular formula is C8H5ClN2O2S. The normalized spacial score (nSPS) is 11.8. The van der Waals surface area contributed by atoms with E-state index >= 15 is 0 Å². The third-order valence-corrected chi connectivity index (χ3v) is 2.73. The summed E-state index contributed by atoms with van der Waals surface area (Å²) in [4.78, 5) is 7.46. The minimum Gasteiger partial charge on any atom is -0.225 e. The van der Waals surface area contributed by atoms with Gasteiger partial charge in [-0.3, -0.25) is 0 Å². The van der Waals surface area contributed by atoms with Crippen LogP contribution in [0.1, 0.15) is 0 Å². The number of rotatable bonds is 1. The van der Waals surface area contributed by atoms with Crippen molar-refractivity contribution in [3.63, 3.8) is 0 Å². The molecule has 0 aliphatic rings. The number of benzene rings is 1. The van der Waals surface area contributed by atoms with E-state index in [1.807, 2.05) is 6.07 Å². The Morgan fingerprint density at radius 2 is 1.93 bits per heavy atom. The second kappa shape index (κ2) is 3.18.